The molecule has 1 aromatic rings. The molecule has 0 saturated heterocycles. The standard InChI is InChI=1S/C11H13NO4S2/c1-3-4-5-6-12-18(15,16)9-7-8(2)10(17-9)11(13)14/h1,7,12H,4-6H2,2H3,(H,13,14). The van der Waals surface area contributed by atoms with Gasteiger partial charge in [0.25, 0.3) is 0 Å². The van der Waals surface area contributed by atoms with E-state index in [1.54, 1.807) is 6.92 Å². The maximum absolute atomic E-state index is 11.8. The zero-order valence-corrected chi connectivity index (χ0v) is 11.4. The molecule has 98 valence electrons. The van der Waals surface area contributed by atoms with Gasteiger partial charge in [-0.2, -0.15) is 0 Å². The molecule has 0 amide bonds. The van der Waals surface area contributed by atoms with Crippen molar-refractivity contribution in [3.63, 3.8) is 0 Å². The third-order valence-corrected chi connectivity index (χ3v) is 5.30. The predicted octanol–water partition coefficient (Wildman–Crippen LogP) is 1.45. The lowest BCUT2D eigenvalue weighted by Crippen LogP contribution is -2.23. The minimum absolute atomic E-state index is 0.0121. The minimum Gasteiger partial charge on any atom is -0.477 e. The van der Waals surface area contributed by atoms with Crippen LogP contribution >= 0.6 is 11.3 Å². The number of carboxylic acid groups (broad SMARTS) is 1. The molecule has 0 fully saturated rings. The molecule has 0 aromatic carbocycles. The molecular weight excluding hydrogens is 274 g/mol. The van der Waals surface area contributed by atoms with Gasteiger partial charge in [0.2, 0.25) is 10.0 Å². The summed E-state index contributed by atoms with van der Waals surface area (Å²) in [6.07, 6.45) is 6.10. The van der Waals surface area contributed by atoms with Crippen LogP contribution in [-0.4, -0.2) is 26.0 Å². The number of unbranched alkanes of at least 4 members (excludes halogenated alkanes) is 1. The van der Waals surface area contributed by atoms with Gasteiger partial charge in [-0.3, -0.25) is 0 Å². The van der Waals surface area contributed by atoms with Gasteiger partial charge < -0.3 is 5.11 Å². The Kier molecular flexibility index (Phi) is 4.90. The predicted molar refractivity (Wildman–Crippen MR) is 69.3 cm³/mol. The van der Waals surface area contributed by atoms with Gasteiger partial charge in [0.15, 0.2) is 0 Å². The van der Waals surface area contributed by atoms with Crippen LogP contribution in [0.1, 0.15) is 28.1 Å². The Morgan fingerprint density at radius 1 is 1.61 bits per heavy atom. The summed E-state index contributed by atoms with van der Waals surface area (Å²) in [5.74, 6) is 1.29. The SMILES string of the molecule is C#CCCCNS(=O)(=O)c1cc(C)c(C(=O)O)s1. The number of sulfonamides is 1. The molecule has 0 unspecified atom stereocenters. The van der Waals surface area contributed by atoms with E-state index >= 15 is 0 Å². The van der Waals surface area contributed by atoms with Crippen LogP contribution in [0.2, 0.25) is 0 Å². The summed E-state index contributed by atoms with van der Waals surface area (Å²) in [4.78, 5) is 10.9. The van der Waals surface area contributed by atoms with Crippen LogP contribution in [0.15, 0.2) is 10.3 Å². The van der Waals surface area contributed by atoms with E-state index in [2.05, 4.69) is 10.6 Å². The summed E-state index contributed by atoms with van der Waals surface area (Å²) in [6, 6.07) is 1.36. The van der Waals surface area contributed by atoms with Crippen LogP contribution < -0.4 is 4.72 Å². The highest BCUT2D eigenvalue weighted by Gasteiger charge is 2.20. The second kappa shape index (κ2) is 6.00. The summed E-state index contributed by atoms with van der Waals surface area (Å²) < 4.78 is 26.1. The van der Waals surface area contributed by atoms with Crippen LogP contribution in [0.25, 0.3) is 0 Å². The molecule has 0 spiro atoms. The zero-order chi connectivity index (χ0) is 13.8. The first-order valence-corrected chi connectivity index (χ1v) is 7.45. The topological polar surface area (TPSA) is 83.5 Å². The molecule has 1 heterocycles. The first kappa shape index (κ1) is 14.7. The summed E-state index contributed by atoms with van der Waals surface area (Å²) in [5.41, 5.74) is 0.441. The number of aromatic carboxylic acids is 1. The Hall–Kier alpha value is -1.36. The van der Waals surface area contributed by atoms with E-state index in [-0.39, 0.29) is 15.6 Å². The lowest BCUT2D eigenvalue weighted by atomic mass is 10.3. The molecule has 18 heavy (non-hydrogen) atoms. The van der Waals surface area contributed by atoms with Crippen molar-refractivity contribution >= 4 is 27.3 Å². The first-order valence-electron chi connectivity index (χ1n) is 5.15. The number of rotatable bonds is 6. The molecule has 0 radical (unpaired) electrons. The largest absolute Gasteiger partial charge is 0.477 e. The van der Waals surface area contributed by atoms with Gasteiger partial charge >= 0.3 is 5.97 Å². The molecule has 0 atom stereocenters. The third kappa shape index (κ3) is 3.57. The van der Waals surface area contributed by atoms with E-state index in [9.17, 15) is 13.2 Å². The van der Waals surface area contributed by atoms with Crippen molar-refractivity contribution in [2.75, 3.05) is 6.54 Å². The fourth-order valence-corrected chi connectivity index (χ4v) is 3.76. The van der Waals surface area contributed by atoms with E-state index in [0.29, 0.717) is 18.4 Å². The Bertz CT molecular complexity index is 581. The Labute approximate surface area is 110 Å². The molecule has 0 aliphatic heterocycles. The highest BCUT2D eigenvalue weighted by atomic mass is 32.2. The number of hydrogen-bond acceptors (Lipinski definition) is 4. The highest BCUT2D eigenvalue weighted by Crippen LogP contribution is 2.25. The number of terminal acetylenes is 1. The average Bonchev–Trinajstić information content (AvgIpc) is 2.68. The minimum atomic E-state index is -3.64. The molecule has 1 aromatic heterocycles. The first-order chi connectivity index (χ1) is 8.38. The van der Waals surface area contributed by atoms with E-state index in [1.165, 1.54) is 6.07 Å². The van der Waals surface area contributed by atoms with Crippen molar-refractivity contribution in [1.82, 2.24) is 4.72 Å². The van der Waals surface area contributed by atoms with Crippen LogP contribution in [0.5, 0.6) is 0 Å². The Morgan fingerprint density at radius 3 is 2.78 bits per heavy atom. The molecule has 5 nitrogen and oxygen atoms in total. The van der Waals surface area contributed by atoms with Gasteiger partial charge in [-0.25, -0.2) is 17.9 Å². The lowest BCUT2D eigenvalue weighted by molar-refractivity contribution is 0.0701. The number of thiophene rings is 1. The maximum atomic E-state index is 11.8. The van der Waals surface area contributed by atoms with Gasteiger partial charge in [0.05, 0.1) is 0 Å². The summed E-state index contributed by atoms with van der Waals surface area (Å²) >= 11 is 0.748. The second-order valence-electron chi connectivity index (χ2n) is 3.59. The third-order valence-electron chi connectivity index (χ3n) is 2.14. The van der Waals surface area contributed by atoms with Gasteiger partial charge in [0, 0.05) is 13.0 Å². The molecule has 1 rings (SSSR count). The summed E-state index contributed by atoms with van der Waals surface area (Å²) in [5, 5.41) is 8.86. The van der Waals surface area contributed by atoms with Crippen LogP contribution in [0, 0.1) is 19.3 Å². The maximum Gasteiger partial charge on any atom is 0.346 e. The number of hydrogen-bond donors (Lipinski definition) is 2. The van der Waals surface area contributed by atoms with Crippen molar-refractivity contribution in [3.8, 4) is 12.3 Å². The average molecular weight is 287 g/mol. The Balaban J connectivity index is 2.83. The van der Waals surface area contributed by atoms with Crippen LogP contribution in [0.4, 0.5) is 0 Å². The molecular formula is C11H13NO4S2. The van der Waals surface area contributed by atoms with Crippen molar-refractivity contribution in [3.05, 3.63) is 16.5 Å². The second-order valence-corrected chi connectivity index (χ2v) is 6.63. The van der Waals surface area contributed by atoms with Crippen molar-refractivity contribution in [1.29, 1.82) is 0 Å². The zero-order valence-electron chi connectivity index (χ0n) is 9.76. The quantitative estimate of drug-likeness (QED) is 0.612. The number of carboxylic acids is 1. The smallest absolute Gasteiger partial charge is 0.346 e. The van der Waals surface area contributed by atoms with E-state index in [0.717, 1.165) is 11.3 Å². The van der Waals surface area contributed by atoms with Gasteiger partial charge in [-0.15, -0.1) is 23.7 Å². The van der Waals surface area contributed by atoms with E-state index < -0.39 is 16.0 Å². The number of carbonyl (C=O) groups is 1. The number of aryl methyl sites for hydroxylation is 1. The normalized spacial score (nSPS) is 11.1. The molecule has 2 N–H and O–H groups in total. The molecule has 0 aliphatic rings. The summed E-state index contributed by atoms with van der Waals surface area (Å²) in [6.45, 7) is 1.81. The molecule has 0 aliphatic carbocycles. The van der Waals surface area contributed by atoms with E-state index in [4.69, 9.17) is 11.5 Å². The van der Waals surface area contributed by atoms with Gasteiger partial charge in [-0.1, -0.05) is 0 Å². The fraction of sp³-hybridized carbons (Fsp3) is 0.364. The van der Waals surface area contributed by atoms with Crippen molar-refractivity contribution in [2.24, 2.45) is 0 Å². The molecule has 0 saturated carbocycles. The van der Waals surface area contributed by atoms with E-state index in [1.807, 2.05) is 0 Å². The highest BCUT2D eigenvalue weighted by molar-refractivity contribution is 7.91. The van der Waals surface area contributed by atoms with Gasteiger partial charge in [0.1, 0.15) is 9.09 Å². The molecule has 7 heteroatoms. The lowest BCUT2D eigenvalue weighted by Gasteiger charge is -2.02. The number of nitrogens with one attached hydrogen (secondary N) is 1. The van der Waals surface area contributed by atoms with Crippen LogP contribution in [-0.2, 0) is 10.0 Å². The van der Waals surface area contributed by atoms with Crippen molar-refractivity contribution < 1.29 is 18.3 Å². The van der Waals surface area contributed by atoms with Crippen molar-refractivity contribution in [2.45, 2.75) is 24.0 Å². The fourth-order valence-electron chi connectivity index (χ4n) is 1.27. The molecule has 0 bridgehead atoms. The van der Waals surface area contributed by atoms with Crippen LogP contribution in [0.3, 0.4) is 0 Å². The monoisotopic (exact) mass is 287 g/mol. The van der Waals surface area contributed by atoms with Gasteiger partial charge in [-0.05, 0) is 25.0 Å². The Morgan fingerprint density at radius 2 is 2.28 bits per heavy atom. The summed E-state index contributed by atoms with van der Waals surface area (Å²) in [7, 11) is -3.64.